The van der Waals surface area contributed by atoms with E-state index in [-0.39, 0.29) is 12.0 Å². The molecule has 2 saturated heterocycles. The number of rotatable bonds is 6. The van der Waals surface area contributed by atoms with Crippen LogP contribution in [0.4, 0.5) is 5.69 Å². The van der Waals surface area contributed by atoms with Gasteiger partial charge in [-0.2, -0.15) is 0 Å². The Morgan fingerprint density at radius 2 is 1.84 bits per heavy atom. The van der Waals surface area contributed by atoms with Crippen molar-refractivity contribution in [2.75, 3.05) is 58.9 Å². The molecule has 6 heterocycles. The molecule has 9 rings (SSSR count). The number of H-pyrrole nitrogens is 1. The molecule has 5 aliphatic heterocycles. The Kier molecular flexibility index (Phi) is 8.56. The number of para-hydroxylation sites is 1. The topological polar surface area (TPSA) is 177 Å². The molecule has 6 aliphatic rings. The fourth-order valence-corrected chi connectivity index (χ4v) is 13.1. The normalized spacial score (nSPS) is 38.4. The number of carbonyl (C=O) groups excluding carboxylic acids is 2. The van der Waals surface area contributed by atoms with Crippen LogP contribution in [-0.2, 0) is 31.6 Å². The van der Waals surface area contributed by atoms with E-state index < -0.39 is 51.5 Å². The van der Waals surface area contributed by atoms with Crippen LogP contribution in [0.3, 0.4) is 0 Å². The number of aliphatic hydroxyl groups excluding tert-OH is 1. The van der Waals surface area contributed by atoms with Gasteiger partial charge >= 0.3 is 5.97 Å². The Hall–Kier alpha value is -3.98. The average Bonchev–Trinajstić information content (AvgIpc) is 3.87. The second-order valence-electron chi connectivity index (χ2n) is 17.6. The largest absolute Gasteiger partial charge is 0.496 e. The third kappa shape index (κ3) is 4.58. The second kappa shape index (κ2) is 12.8. The van der Waals surface area contributed by atoms with E-state index >= 15 is 4.79 Å². The number of aromatic amines is 1. The molecule has 1 saturated carbocycles. The molecule has 13 heteroatoms. The molecule has 1 spiro atoms. The summed E-state index contributed by atoms with van der Waals surface area (Å²) in [6.45, 7) is 7.36. The van der Waals surface area contributed by atoms with Crippen molar-refractivity contribution >= 4 is 28.5 Å². The van der Waals surface area contributed by atoms with Gasteiger partial charge in [0.05, 0.1) is 25.9 Å². The Morgan fingerprint density at radius 3 is 2.55 bits per heavy atom. The van der Waals surface area contributed by atoms with Crippen molar-refractivity contribution in [2.45, 2.75) is 92.6 Å². The Bertz CT molecular complexity index is 2140. The molecule has 3 fully saturated rings. The number of ether oxygens (including phenoxy) is 2. The summed E-state index contributed by atoms with van der Waals surface area (Å²) in [6.07, 6.45) is 5.73. The number of hydrogen-bond acceptors (Lipinski definition) is 11. The van der Waals surface area contributed by atoms with E-state index in [1.165, 1.54) is 7.11 Å². The summed E-state index contributed by atoms with van der Waals surface area (Å²) in [4.78, 5) is 39.7. The van der Waals surface area contributed by atoms with Gasteiger partial charge in [0.2, 0.25) is 0 Å². The van der Waals surface area contributed by atoms with E-state index in [1.54, 1.807) is 7.11 Å². The minimum absolute atomic E-state index is 0.0851. The van der Waals surface area contributed by atoms with Gasteiger partial charge in [-0.1, -0.05) is 44.2 Å². The highest BCUT2D eigenvalue weighted by molar-refractivity contribution is 5.95. The summed E-state index contributed by atoms with van der Waals surface area (Å²) in [7, 11) is 4.89. The Labute approximate surface area is 327 Å². The first-order valence-electron chi connectivity index (χ1n) is 20.3. The molecule has 300 valence electrons. The molecule has 1 aliphatic carbocycles. The molecule has 2 aromatic carbocycles. The van der Waals surface area contributed by atoms with Crippen LogP contribution in [0.2, 0.25) is 0 Å². The molecule has 3 aromatic rings. The van der Waals surface area contributed by atoms with E-state index in [4.69, 9.17) is 15.3 Å². The van der Waals surface area contributed by atoms with Gasteiger partial charge < -0.3 is 34.7 Å². The highest BCUT2D eigenvalue weighted by Crippen LogP contribution is 2.67. The molecule has 2 unspecified atom stereocenters. The molecular weight excluding hydrogens is 713 g/mol. The molecular formula is C43H56N6O7. The minimum Gasteiger partial charge on any atom is -0.496 e. The lowest BCUT2D eigenvalue weighted by atomic mass is 9.47. The van der Waals surface area contributed by atoms with Gasteiger partial charge in [-0.15, -0.1) is 0 Å². The first-order chi connectivity index (χ1) is 26.8. The number of nitrogens with zero attached hydrogens (tertiary/aromatic N) is 3. The van der Waals surface area contributed by atoms with Crippen LogP contribution in [0.25, 0.3) is 10.9 Å². The molecule has 1 aromatic heterocycles. The summed E-state index contributed by atoms with van der Waals surface area (Å²) in [6, 6.07) is 11.0. The van der Waals surface area contributed by atoms with Gasteiger partial charge in [0.15, 0.2) is 5.60 Å². The number of likely N-dealkylation sites (N-methyl/N-ethyl adjacent to an activating group) is 1. The van der Waals surface area contributed by atoms with Crippen molar-refractivity contribution in [3.8, 4) is 5.75 Å². The summed E-state index contributed by atoms with van der Waals surface area (Å²) in [5, 5.41) is 38.3. The fraction of sp³-hybridized carbons (Fsp3) is 0.581. The number of methoxy groups -OCH3 is 2. The highest BCUT2D eigenvalue weighted by atomic mass is 16.5. The standard InChI is InChI=1S/C43H56N6O7/c1-6-39(53)21-25-22-42(38(52)56-5,33-27(13-17-48(23-25)24-39)26-11-8-9-12-30(26)45-33)29-19-28-31(20-32(29)55-4)47(3)35-41(28)15-18-49-16-10-14-40(7-2,34(41)49)36(50)43(35,54)37(51)46-44/h8-12,14,19-20,25,34-36,45,50,53-54H,6-7,13,15-18,21-24,44H2,1-5H3,(H,46,51)/t25-,34?,35+,36+,39-,40+,41+,42-,43-/m0/s1. The van der Waals surface area contributed by atoms with Crippen molar-refractivity contribution in [1.29, 1.82) is 0 Å². The predicted octanol–water partition coefficient (Wildman–Crippen LogP) is 2.24. The van der Waals surface area contributed by atoms with Crippen molar-refractivity contribution in [3.63, 3.8) is 0 Å². The number of carbonyl (C=O) groups is 2. The van der Waals surface area contributed by atoms with Crippen LogP contribution >= 0.6 is 0 Å². The van der Waals surface area contributed by atoms with Crippen molar-refractivity contribution in [3.05, 3.63) is 70.9 Å². The zero-order valence-corrected chi connectivity index (χ0v) is 33.1. The van der Waals surface area contributed by atoms with E-state index in [9.17, 15) is 20.1 Å². The van der Waals surface area contributed by atoms with Crippen molar-refractivity contribution in [2.24, 2.45) is 17.2 Å². The number of esters is 1. The third-order valence-electron chi connectivity index (χ3n) is 15.3. The van der Waals surface area contributed by atoms with Crippen LogP contribution in [0.5, 0.6) is 5.75 Å². The van der Waals surface area contributed by atoms with Gasteiger partial charge in [0.25, 0.3) is 5.91 Å². The first kappa shape index (κ1) is 37.6. The van der Waals surface area contributed by atoms with Crippen LogP contribution in [-0.4, -0.2) is 125 Å². The minimum atomic E-state index is -2.31. The number of nitrogens with two attached hydrogens (primary N) is 1. The maximum atomic E-state index is 15.2. The maximum absolute atomic E-state index is 15.2. The fourth-order valence-electron chi connectivity index (χ4n) is 13.1. The highest BCUT2D eigenvalue weighted by Gasteiger charge is 2.78. The van der Waals surface area contributed by atoms with E-state index in [0.717, 1.165) is 40.0 Å². The van der Waals surface area contributed by atoms with Gasteiger partial charge in [0, 0.05) is 84.0 Å². The summed E-state index contributed by atoms with van der Waals surface area (Å²) in [5.41, 5.74) is 0.683. The first-order valence-corrected chi connectivity index (χ1v) is 20.3. The van der Waals surface area contributed by atoms with Crippen molar-refractivity contribution < 1.29 is 34.4 Å². The molecule has 1 amide bonds. The lowest BCUT2D eigenvalue weighted by molar-refractivity contribution is -0.203. The second-order valence-corrected chi connectivity index (χ2v) is 17.6. The number of piperidine rings is 1. The van der Waals surface area contributed by atoms with Gasteiger partial charge in [-0.3, -0.25) is 24.8 Å². The zero-order chi connectivity index (χ0) is 39.6. The average molecular weight is 769 g/mol. The number of anilines is 1. The van der Waals surface area contributed by atoms with Gasteiger partial charge in [0.1, 0.15) is 17.3 Å². The quantitative estimate of drug-likeness (QED) is 0.0714. The zero-order valence-electron chi connectivity index (χ0n) is 33.1. The third-order valence-corrected chi connectivity index (χ3v) is 15.3. The number of amides is 1. The number of benzene rings is 2. The van der Waals surface area contributed by atoms with E-state index in [1.807, 2.05) is 62.2 Å². The summed E-state index contributed by atoms with van der Waals surface area (Å²) >= 11 is 0. The van der Waals surface area contributed by atoms with Crippen LogP contribution in [0, 0.1) is 11.3 Å². The predicted molar refractivity (Wildman–Crippen MR) is 211 cm³/mol. The summed E-state index contributed by atoms with van der Waals surface area (Å²) in [5.74, 6) is 4.94. The van der Waals surface area contributed by atoms with E-state index in [0.29, 0.717) is 76.0 Å². The smallest absolute Gasteiger partial charge is 0.322 e. The molecule has 13 nitrogen and oxygen atoms in total. The molecule has 56 heavy (non-hydrogen) atoms. The maximum Gasteiger partial charge on any atom is 0.322 e. The molecule has 10 atom stereocenters. The lowest BCUT2D eigenvalue weighted by Crippen LogP contribution is -2.82. The van der Waals surface area contributed by atoms with Crippen LogP contribution in [0.1, 0.15) is 68.3 Å². The van der Waals surface area contributed by atoms with Crippen LogP contribution < -0.4 is 20.9 Å². The Balaban J connectivity index is 1.36. The van der Waals surface area contributed by atoms with E-state index in [2.05, 4.69) is 32.3 Å². The lowest BCUT2D eigenvalue weighted by Gasteiger charge is -2.63. The van der Waals surface area contributed by atoms with Crippen LogP contribution in [0.15, 0.2) is 48.6 Å². The molecule has 7 N–H and O–H groups in total. The number of hydrazine groups is 1. The number of aromatic nitrogens is 1. The number of hydrogen-bond donors (Lipinski definition) is 6. The number of fused-ring (bicyclic) bond motifs is 6. The number of nitrogens with one attached hydrogen (secondary N) is 2. The monoisotopic (exact) mass is 768 g/mol. The van der Waals surface area contributed by atoms with Gasteiger partial charge in [-0.25, -0.2) is 5.84 Å². The number of aliphatic hydroxyl groups is 3. The SMILES string of the molecule is CC[C@]1(O)C[C@@H]2CN(CCc3c([nH]c4ccccc34)[C@@](C(=O)OC)(c3cc4c(cc3OC)N(C)[C@H]3[C@@](O)(C(=O)NN)[C@H](O)[C@]5(CC)C=CCN6CC[C@]43C65)C2)C1. The molecule has 0 radical (unpaired) electrons. The van der Waals surface area contributed by atoms with Gasteiger partial charge in [-0.05, 0) is 74.2 Å². The summed E-state index contributed by atoms with van der Waals surface area (Å²) < 4.78 is 12.2. The molecule has 2 bridgehead atoms. The van der Waals surface area contributed by atoms with Crippen molar-refractivity contribution in [1.82, 2.24) is 20.2 Å². The Morgan fingerprint density at radius 1 is 1.05 bits per heavy atom.